The molecule has 1 aliphatic rings. The minimum Gasteiger partial charge on any atom is -0.462 e. The molecule has 1 saturated heterocycles. The van der Waals surface area contributed by atoms with Crippen LogP contribution in [0.15, 0.2) is 24.3 Å². The molecule has 0 aromatic heterocycles. The topological polar surface area (TPSA) is 87.9 Å². The minimum atomic E-state index is -0.532. The number of benzene rings is 1. The second-order valence-corrected chi connectivity index (χ2v) is 4.04. The van der Waals surface area contributed by atoms with Gasteiger partial charge in [0.1, 0.15) is 0 Å². The molecule has 6 nitrogen and oxygen atoms in total. The van der Waals surface area contributed by atoms with E-state index in [0.717, 1.165) is 0 Å². The number of esters is 1. The van der Waals surface area contributed by atoms with E-state index in [-0.39, 0.29) is 12.9 Å². The molecular weight excluding hydrogens is 250 g/mol. The van der Waals surface area contributed by atoms with E-state index in [9.17, 15) is 9.59 Å². The third-order valence-corrected chi connectivity index (χ3v) is 2.68. The molecule has 0 saturated carbocycles. The Morgan fingerprint density at radius 3 is 2.32 bits per heavy atom. The largest absolute Gasteiger partial charge is 0.462 e. The van der Waals surface area contributed by atoms with E-state index in [1.165, 1.54) is 24.3 Å². The van der Waals surface area contributed by atoms with Crippen LogP contribution in [0.3, 0.4) is 0 Å². The number of carbonyl (C=O) groups excluding carboxylic acids is 2. The molecule has 1 aromatic carbocycles. The zero-order chi connectivity index (χ0) is 13.7. The van der Waals surface area contributed by atoms with Crippen LogP contribution >= 0.6 is 0 Å². The third-order valence-electron chi connectivity index (χ3n) is 2.68. The zero-order valence-electron chi connectivity index (χ0n) is 10.3. The van der Waals surface area contributed by atoms with Crippen molar-refractivity contribution in [2.45, 2.75) is 12.7 Å². The maximum Gasteiger partial charge on any atom is 0.338 e. The van der Waals surface area contributed by atoms with Crippen LogP contribution in [0.2, 0.25) is 0 Å². The normalized spacial score (nSPS) is 15.4. The highest BCUT2D eigenvalue weighted by Crippen LogP contribution is 2.09. The van der Waals surface area contributed by atoms with Crippen LogP contribution in [0.5, 0.6) is 0 Å². The second kappa shape index (κ2) is 6.31. The van der Waals surface area contributed by atoms with Crippen LogP contribution in [-0.2, 0) is 14.2 Å². The lowest BCUT2D eigenvalue weighted by Crippen LogP contribution is -2.15. The molecule has 1 aromatic rings. The first kappa shape index (κ1) is 13.5. The van der Waals surface area contributed by atoms with Crippen molar-refractivity contribution in [2.24, 2.45) is 5.73 Å². The molecule has 1 heterocycles. The van der Waals surface area contributed by atoms with Crippen molar-refractivity contribution in [3.63, 3.8) is 0 Å². The zero-order valence-corrected chi connectivity index (χ0v) is 10.3. The van der Waals surface area contributed by atoms with Crippen molar-refractivity contribution < 1.29 is 23.8 Å². The molecule has 0 bridgehead atoms. The summed E-state index contributed by atoms with van der Waals surface area (Å²) in [5, 5.41) is 0. The van der Waals surface area contributed by atoms with Crippen LogP contribution in [0.4, 0.5) is 0 Å². The van der Waals surface area contributed by atoms with E-state index in [2.05, 4.69) is 0 Å². The highest BCUT2D eigenvalue weighted by molar-refractivity contribution is 5.95. The standard InChI is InChI=1S/C13H15NO5/c14-12(15)9-1-3-10(4-2-9)13(16)19-6-5-11-17-7-8-18-11/h1-4,11H,5-8H2,(H2,14,15). The molecule has 0 unspecified atom stereocenters. The number of rotatable bonds is 5. The fraction of sp³-hybridized carbons (Fsp3) is 0.385. The highest BCUT2D eigenvalue weighted by atomic mass is 16.7. The van der Waals surface area contributed by atoms with E-state index in [4.69, 9.17) is 19.9 Å². The predicted octanol–water partition coefficient (Wildman–Crippen LogP) is 0.705. The minimum absolute atomic E-state index is 0.223. The van der Waals surface area contributed by atoms with Crippen molar-refractivity contribution in [1.82, 2.24) is 0 Å². The van der Waals surface area contributed by atoms with Gasteiger partial charge in [0.2, 0.25) is 5.91 Å². The fourth-order valence-corrected chi connectivity index (χ4v) is 1.68. The van der Waals surface area contributed by atoms with Crippen LogP contribution in [0.1, 0.15) is 27.1 Å². The third kappa shape index (κ3) is 3.77. The molecular formula is C13H15NO5. The lowest BCUT2D eigenvalue weighted by atomic mass is 10.1. The Morgan fingerprint density at radius 2 is 1.74 bits per heavy atom. The van der Waals surface area contributed by atoms with E-state index in [0.29, 0.717) is 30.8 Å². The van der Waals surface area contributed by atoms with Gasteiger partial charge in [-0.05, 0) is 24.3 Å². The maximum absolute atomic E-state index is 11.7. The molecule has 0 aliphatic carbocycles. The summed E-state index contributed by atoms with van der Waals surface area (Å²) in [4.78, 5) is 22.6. The molecule has 2 rings (SSSR count). The van der Waals surface area contributed by atoms with Gasteiger partial charge in [-0.25, -0.2) is 4.79 Å². The van der Waals surface area contributed by atoms with Gasteiger partial charge in [0, 0.05) is 12.0 Å². The van der Waals surface area contributed by atoms with Gasteiger partial charge in [-0.1, -0.05) is 0 Å². The van der Waals surface area contributed by atoms with Gasteiger partial charge >= 0.3 is 5.97 Å². The first-order valence-corrected chi connectivity index (χ1v) is 5.97. The SMILES string of the molecule is NC(=O)c1ccc(C(=O)OCCC2OCCO2)cc1. The number of hydrogen-bond donors (Lipinski definition) is 1. The predicted molar refractivity (Wildman–Crippen MR) is 65.6 cm³/mol. The van der Waals surface area contributed by atoms with E-state index < -0.39 is 11.9 Å². The summed E-state index contributed by atoms with van der Waals surface area (Å²) < 4.78 is 15.5. The first-order chi connectivity index (χ1) is 9.16. The van der Waals surface area contributed by atoms with Crippen molar-refractivity contribution in [3.05, 3.63) is 35.4 Å². The average molecular weight is 265 g/mol. The van der Waals surface area contributed by atoms with Gasteiger partial charge in [0.15, 0.2) is 6.29 Å². The molecule has 19 heavy (non-hydrogen) atoms. The summed E-state index contributed by atoms with van der Waals surface area (Å²) in [5.41, 5.74) is 5.83. The number of amides is 1. The van der Waals surface area contributed by atoms with Gasteiger partial charge in [-0.3, -0.25) is 4.79 Å². The lowest BCUT2D eigenvalue weighted by molar-refractivity contribution is -0.0572. The van der Waals surface area contributed by atoms with E-state index in [1.807, 2.05) is 0 Å². The fourth-order valence-electron chi connectivity index (χ4n) is 1.68. The van der Waals surface area contributed by atoms with Crippen molar-refractivity contribution in [1.29, 1.82) is 0 Å². The molecule has 6 heteroatoms. The Labute approximate surface area is 110 Å². The molecule has 102 valence electrons. The highest BCUT2D eigenvalue weighted by Gasteiger charge is 2.16. The quantitative estimate of drug-likeness (QED) is 0.792. The average Bonchev–Trinajstić information content (AvgIpc) is 2.92. The molecule has 1 amide bonds. The Bertz CT molecular complexity index is 451. The van der Waals surface area contributed by atoms with Gasteiger partial charge in [-0.15, -0.1) is 0 Å². The number of primary amides is 1. The summed E-state index contributed by atoms with van der Waals surface area (Å²) >= 11 is 0. The smallest absolute Gasteiger partial charge is 0.338 e. The van der Waals surface area contributed by atoms with Crippen molar-refractivity contribution in [2.75, 3.05) is 19.8 Å². The molecule has 1 aliphatic heterocycles. The van der Waals surface area contributed by atoms with Gasteiger partial charge < -0.3 is 19.9 Å². The molecule has 0 atom stereocenters. The van der Waals surface area contributed by atoms with Crippen molar-refractivity contribution in [3.8, 4) is 0 Å². The lowest BCUT2D eigenvalue weighted by Gasteiger charge is -2.09. The number of nitrogens with two attached hydrogens (primary N) is 1. The second-order valence-electron chi connectivity index (χ2n) is 4.04. The summed E-state index contributed by atoms with van der Waals surface area (Å²) in [6.45, 7) is 1.38. The van der Waals surface area contributed by atoms with Gasteiger partial charge in [0.25, 0.3) is 0 Å². The molecule has 0 radical (unpaired) electrons. The number of hydrogen-bond acceptors (Lipinski definition) is 5. The monoisotopic (exact) mass is 265 g/mol. The molecule has 0 spiro atoms. The van der Waals surface area contributed by atoms with Crippen molar-refractivity contribution >= 4 is 11.9 Å². The maximum atomic E-state index is 11.7. The summed E-state index contributed by atoms with van der Waals surface area (Å²) in [6.07, 6.45) is 0.218. The Kier molecular flexibility index (Phi) is 4.48. The molecule has 2 N–H and O–H groups in total. The van der Waals surface area contributed by atoms with Crippen LogP contribution < -0.4 is 5.73 Å². The number of ether oxygens (including phenoxy) is 3. The van der Waals surface area contributed by atoms with E-state index >= 15 is 0 Å². The first-order valence-electron chi connectivity index (χ1n) is 5.97. The summed E-state index contributed by atoms with van der Waals surface area (Å²) in [5.74, 6) is -0.982. The van der Waals surface area contributed by atoms with Crippen LogP contribution in [0.25, 0.3) is 0 Å². The summed E-state index contributed by atoms with van der Waals surface area (Å²) in [7, 11) is 0. The summed E-state index contributed by atoms with van der Waals surface area (Å²) in [6, 6.07) is 5.99. The Balaban J connectivity index is 1.80. The van der Waals surface area contributed by atoms with E-state index in [1.54, 1.807) is 0 Å². The molecule has 1 fully saturated rings. The van der Waals surface area contributed by atoms with Crippen LogP contribution in [0, 0.1) is 0 Å². The van der Waals surface area contributed by atoms with Gasteiger partial charge in [0.05, 0.1) is 25.4 Å². The Morgan fingerprint density at radius 1 is 1.16 bits per heavy atom. The Hall–Kier alpha value is -1.92. The number of carbonyl (C=O) groups is 2. The van der Waals surface area contributed by atoms with Gasteiger partial charge in [-0.2, -0.15) is 0 Å². The van der Waals surface area contributed by atoms with Crippen LogP contribution in [-0.4, -0.2) is 38.0 Å².